The second-order valence-electron chi connectivity index (χ2n) is 6.92. The summed E-state index contributed by atoms with van der Waals surface area (Å²) in [7, 11) is 3.63. The Morgan fingerprint density at radius 2 is 1.71 bits per heavy atom. The molecule has 10 nitrogen and oxygen atoms in total. The number of carbonyl (C=O) groups excluding carboxylic acids is 3. The number of carbonyl (C=O) groups is 3. The van der Waals surface area contributed by atoms with Crippen molar-refractivity contribution in [2.24, 2.45) is 0 Å². The van der Waals surface area contributed by atoms with Gasteiger partial charge in [0.05, 0.1) is 37.7 Å². The molecule has 0 bridgehead atoms. The molecule has 0 amide bonds. The first-order chi connectivity index (χ1) is 14.7. The third kappa shape index (κ3) is 4.90. The number of hydrogen-bond acceptors (Lipinski definition) is 9. The number of rotatable bonds is 7. The van der Waals surface area contributed by atoms with Crippen LogP contribution in [0.3, 0.4) is 0 Å². The number of ether oxygens (including phenoxy) is 3. The van der Waals surface area contributed by atoms with E-state index < -0.39 is 34.8 Å². The molecular formula is C21H24N2O8. The van der Waals surface area contributed by atoms with E-state index in [-0.39, 0.29) is 23.3 Å². The van der Waals surface area contributed by atoms with Gasteiger partial charge in [-0.15, -0.1) is 0 Å². The maximum Gasteiger partial charge on any atom is 0.336 e. The maximum absolute atomic E-state index is 12.8. The largest absolute Gasteiger partial charge is 0.467 e. The standard InChI is InChI=1S/C21H24N2O8/c1-11-9-15(22-12(2)19(24)29-3)18(21(26)31-5)17(16(11)20(25)30-4)13-7-6-8-14(10-13)23(27)28/h6-8,10,12,17,22H,9H2,1-5H3/t12-,17-/m0/s1. The van der Waals surface area contributed by atoms with Crippen LogP contribution in [0.1, 0.15) is 31.7 Å². The molecule has 2 atom stereocenters. The quantitative estimate of drug-likeness (QED) is 0.298. The summed E-state index contributed by atoms with van der Waals surface area (Å²) in [5.41, 5.74) is 1.30. The lowest BCUT2D eigenvalue weighted by Gasteiger charge is -2.31. The molecule has 1 aliphatic carbocycles. The minimum atomic E-state index is -0.999. The predicted molar refractivity (Wildman–Crippen MR) is 109 cm³/mol. The van der Waals surface area contributed by atoms with Crippen molar-refractivity contribution in [1.29, 1.82) is 0 Å². The highest BCUT2D eigenvalue weighted by molar-refractivity contribution is 6.00. The zero-order valence-corrected chi connectivity index (χ0v) is 17.9. The molecule has 0 saturated heterocycles. The fourth-order valence-corrected chi connectivity index (χ4v) is 3.55. The Morgan fingerprint density at radius 3 is 2.26 bits per heavy atom. The smallest absolute Gasteiger partial charge is 0.336 e. The molecule has 31 heavy (non-hydrogen) atoms. The third-order valence-electron chi connectivity index (χ3n) is 4.97. The van der Waals surface area contributed by atoms with Crippen molar-refractivity contribution in [1.82, 2.24) is 5.32 Å². The Balaban J connectivity index is 2.76. The topological polar surface area (TPSA) is 134 Å². The Morgan fingerprint density at radius 1 is 1.10 bits per heavy atom. The fourth-order valence-electron chi connectivity index (χ4n) is 3.55. The summed E-state index contributed by atoms with van der Waals surface area (Å²) in [5.74, 6) is -2.97. The van der Waals surface area contributed by atoms with Gasteiger partial charge in [0.25, 0.3) is 5.69 Å². The van der Waals surface area contributed by atoms with Gasteiger partial charge in [0.15, 0.2) is 0 Å². The molecular weight excluding hydrogens is 408 g/mol. The van der Waals surface area contributed by atoms with E-state index in [9.17, 15) is 24.5 Å². The summed E-state index contributed by atoms with van der Waals surface area (Å²) in [6.45, 7) is 3.25. The molecule has 1 N–H and O–H groups in total. The van der Waals surface area contributed by atoms with E-state index in [1.165, 1.54) is 39.5 Å². The van der Waals surface area contributed by atoms with Gasteiger partial charge in [-0.1, -0.05) is 17.7 Å². The first-order valence-electron chi connectivity index (χ1n) is 9.34. The number of nitro benzene ring substituents is 1. The Labute approximate surface area is 179 Å². The van der Waals surface area contributed by atoms with Crippen molar-refractivity contribution in [3.63, 3.8) is 0 Å². The van der Waals surface area contributed by atoms with E-state index >= 15 is 0 Å². The van der Waals surface area contributed by atoms with E-state index in [4.69, 9.17) is 14.2 Å². The lowest BCUT2D eigenvalue weighted by atomic mass is 9.76. The van der Waals surface area contributed by atoms with Crippen molar-refractivity contribution in [2.75, 3.05) is 21.3 Å². The van der Waals surface area contributed by atoms with E-state index in [2.05, 4.69) is 5.32 Å². The minimum absolute atomic E-state index is 0.0600. The first kappa shape index (κ1) is 23.6. The van der Waals surface area contributed by atoms with Crippen LogP contribution in [0.2, 0.25) is 0 Å². The van der Waals surface area contributed by atoms with Gasteiger partial charge in [-0.05, 0) is 19.4 Å². The Kier molecular flexibility index (Phi) is 7.51. The molecule has 0 aliphatic heterocycles. The molecule has 10 heteroatoms. The predicted octanol–water partition coefficient (Wildman–Crippen LogP) is 2.15. The molecule has 0 heterocycles. The Hall–Kier alpha value is -3.69. The van der Waals surface area contributed by atoms with Gasteiger partial charge in [0, 0.05) is 29.8 Å². The van der Waals surface area contributed by atoms with Gasteiger partial charge >= 0.3 is 17.9 Å². The molecule has 0 radical (unpaired) electrons. The molecule has 1 aromatic rings. The molecule has 0 aromatic heterocycles. The van der Waals surface area contributed by atoms with Crippen LogP contribution in [-0.2, 0) is 28.6 Å². The number of allylic oxidation sites excluding steroid dienone is 1. The van der Waals surface area contributed by atoms with Crippen molar-refractivity contribution < 1.29 is 33.5 Å². The number of benzene rings is 1. The second-order valence-corrected chi connectivity index (χ2v) is 6.92. The van der Waals surface area contributed by atoms with Crippen molar-refractivity contribution in [3.05, 3.63) is 62.4 Å². The highest BCUT2D eigenvalue weighted by atomic mass is 16.6. The molecule has 2 rings (SSSR count). The summed E-state index contributed by atoms with van der Waals surface area (Å²) in [6.07, 6.45) is 0.141. The number of esters is 3. The fraction of sp³-hybridized carbons (Fsp3) is 0.381. The lowest BCUT2D eigenvalue weighted by molar-refractivity contribution is -0.384. The number of hydrogen-bond donors (Lipinski definition) is 1. The second kappa shape index (κ2) is 9.88. The first-order valence-corrected chi connectivity index (χ1v) is 9.34. The van der Waals surface area contributed by atoms with Crippen LogP contribution in [0.25, 0.3) is 0 Å². The summed E-state index contributed by atoms with van der Waals surface area (Å²) >= 11 is 0. The van der Waals surface area contributed by atoms with Crippen molar-refractivity contribution in [2.45, 2.75) is 32.2 Å². The van der Waals surface area contributed by atoms with Crippen LogP contribution in [-0.4, -0.2) is 50.2 Å². The minimum Gasteiger partial charge on any atom is -0.467 e. The summed E-state index contributed by atoms with van der Waals surface area (Å²) in [6, 6.07) is 4.84. The van der Waals surface area contributed by atoms with Crippen LogP contribution in [0, 0.1) is 10.1 Å². The van der Waals surface area contributed by atoms with Gasteiger partial charge in [-0.3, -0.25) is 10.1 Å². The van der Waals surface area contributed by atoms with Crippen LogP contribution in [0.4, 0.5) is 5.69 Å². The van der Waals surface area contributed by atoms with Crippen LogP contribution in [0.15, 0.2) is 46.7 Å². The zero-order valence-electron chi connectivity index (χ0n) is 17.9. The molecule has 1 aromatic carbocycles. The van der Waals surface area contributed by atoms with Crippen LogP contribution < -0.4 is 5.32 Å². The highest BCUT2D eigenvalue weighted by Gasteiger charge is 2.39. The van der Waals surface area contributed by atoms with Gasteiger partial charge in [-0.2, -0.15) is 0 Å². The van der Waals surface area contributed by atoms with E-state index in [1.54, 1.807) is 19.9 Å². The van der Waals surface area contributed by atoms with Crippen molar-refractivity contribution >= 4 is 23.6 Å². The third-order valence-corrected chi connectivity index (χ3v) is 4.97. The van der Waals surface area contributed by atoms with Gasteiger partial charge < -0.3 is 19.5 Å². The normalized spacial score (nSPS) is 17.0. The number of nitro groups is 1. The Bertz CT molecular complexity index is 979. The summed E-state index contributed by atoms with van der Waals surface area (Å²) in [4.78, 5) is 48.1. The summed E-state index contributed by atoms with van der Waals surface area (Å²) in [5, 5.41) is 14.3. The lowest BCUT2D eigenvalue weighted by Crippen LogP contribution is -2.38. The van der Waals surface area contributed by atoms with E-state index in [0.717, 1.165) is 0 Å². The zero-order chi connectivity index (χ0) is 23.3. The molecule has 166 valence electrons. The van der Waals surface area contributed by atoms with Crippen LogP contribution in [0.5, 0.6) is 0 Å². The number of nitrogens with one attached hydrogen (secondary N) is 1. The van der Waals surface area contributed by atoms with E-state index in [0.29, 0.717) is 16.8 Å². The van der Waals surface area contributed by atoms with Crippen molar-refractivity contribution in [3.8, 4) is 0 Å². The highest BCUT2D eigenvalue weighted by Crippen LogP contribution is 2.42. The monoisotopic (exact) mass is 432 g/mol. The average Bonchev–Trinajstić information content (AvgIpc) is 2.76. The maximum atomic E-state index is 12.8. The molecule has 0 fully saturated rings. The number of methoxy groups -OCH3 is 3. The summed E-state index contributed by atoms with van der Waals surface area (Å²) < 4.78 is 14.6. The molecule has 0 unspecified atom stereocenters. The molecule has 0 spiro atoms. The van der Waals surface area contributed by atoms with Gasteiger partial charge in [0.2, 0.25) is 0 Å². The van der Waals surface area contributed by atoms with Gasteiger partial charge in [-0.25, -0.2) is 14.4 Å². The van der Waals surface area contributed by atoms with E-state index in [1.807, 2.05) is 0 Å². The number of non-ortho nitro benzene ring substituents is 1. The average molecular weight is 432 g/mol. The molecule has 0 saturated carbocycles. The van der Waals surface area contributed by atoms with Gasteiger partial charge in [0.1, 0.15) is 6.04 Å². The van der Waals surface area contributed by atoms with Crippen LogP contribution >= 0.6 is 0 Å². The molecule has 1 aliphatic rings. The number of nitrogens with zero attached hydrogens (tertiary/aromatic N) is 1. The SMILES string of the molecule is COC(=O)C1=C(C)CC(N[C@@H](C)C(=O)OC)=C(C(=O)OC)[C@H]1c1cccc([N+](=O)[O-])c1.